The molecule has 0 bridgehead atoms. The molecule has 0 unspecified atom stereocenters. The largest absolute Gasteiger partial charge is 0.297 e. The third kappa shape index (κ3) is 2.47. The highest BCUT2D eigenvalue weighted by Crippen LogP contribution is 2.30. The summed E-state index contributed by atoms with van der Waals surface area (Å²) in [5.41, 5.74) is 0.742. The van der Waals surface area contributed by atoms with Gasteiger partial charge in [-0.05, 0) is 17.7 Å². The summed E-state index contributed by atoms with van der Waals surface area (Å²) in [6, 6.07) is 5.71. The van der Waals surface area contributed by atoms with Crippen LogP contribution in [0.4, 0.5) is 4.39 Å². The molecule has 21 heavy (non-hydrogen) atoms. The smallest absolute Gasteiger partial charge is 0.261 e. The van der Waals surface area contributed by atoms with Crippen LogP contribution < -0.4 is 5.56 Å². The molecule has 0 saturated heterocycles. The van der Waals surface area contributed by atoms with Gasteiger partial charge in [0.25, 0.3) is 5.56 Å². The molecule has 2 aromatic heterocycles. The number of H-pyrrole nitrogens is 1. The Morgan fingerprint density at radius 3 is 2.52 bits per heavy atom. The number of nitrogens with one attached hydrogen (secondary N) is 1. The van der Waals surface area contributed by atoms with Crippen LogP contribution in [-0.4, -0.2) is 24.6 Å². The van der Waals surface area contributed by atoms with Gasteiger partial charge in [-0.1, -0.05) is 12.1 Å². The maximum atomic E-state index is 13.0. The first-order chi connectivity index (χ1) is 9.86. The summed E-state index contributed by atoms with van der Waals surface area (Å²) in [7, 11) is -3.59. The Kier molecular flexibility index (Phi) is 3.14. The standard InChI is InChI=1S/C13H9FN2O3S2/c1-21(18,19)13-15-11(17)10-9(6-20-12(10)16-13)7-2-4-8(14)5-3-7/h2-6H,1H3,(H,15,16,17). The molecule has 3 rings (SSSR count). The maximum Gasteiger partial charge on any atom is 0.261 e. The number of thiophene rings is 1. The zero-order valence-electron chi connectivity index (χ0n) is 10.8. The zero-order chi connectivity index (χ0) is 15.2. The SMILES string of the molecule is CS(=O)(=O)c1nc2scc(-c3ccc(F)cc3)c2c(=O)[nH]1. The number of sulfone groups is 1. The predicted molar refractivity (Wildman–Crippen MR) is 78.7 cm³/mol. The molecule has 2 heterocycles. The van der Waals surface area contributed by atoms with E-state index in [0.29, 0.717) is 21.3 Å². The Hall–Kier alpha value is -2.06. The van der Waals surface area contributed by atoms with Crippen LogP contribution in [0, 0.1) is 5.82 Å². The van der Waals surface area contributed by atoms with E-state index in [-0.39, 0.29) is 11.0 Å². The van der Waals surface area contributed by atoms with Crippen LogP contribution >= 0.6 is 11.3 Å². The number of aromatic amines is 1. The van der Waals surface area contributed by atoms with E-state index in [1.54, 1.807) is 17.5 Å². The number of hydrogen-bond acceptors (Lipinski definition) is 5. The Morgan fingerprint density at radius 1 is 1.24 bits per heavy atom. The van der Waals surface area contributed by atoms with Crippen molar-refractivity contribution in [3.05, 3.63) is 45.8 Å². The molecular formula is C13H9FN2O3S2. The van der Waals surface area contributed by atoms with E-state index >= 15 is 0 Å². The van der Waals surface area contributed by atoms with Crippen molar-refractivity contribution < 1.29 is 12.8 Å². The van der Waals surface area contributed by atoms with Gasteiger partial charge in [0.1, 0.15) is 10.6 Å². The molecule has 0 radical (unpaired) electrons. The molecule has 0 spiro atoms. The number of aromatic nitrogens is 2. The third-order valence-corrected chi connectivity index (χ3v) is 4.70. The van der Waals surface area contributed by atoms with Gasteiger partial charge in [-0.15, -0.1) is 11.3 Å². The molecule has 0 aliphatic carbocycles. The number of hydrogen-bond donors (Lipinski definition) is 1. The highest BCUT2D eigenvalue weighted by Gasteiger charge is 2.17. The summed E-state index contributed by atoms with van der Waals surface area (Å²) in [4.78, 5) is 18.7. The van der Waals surface area contributed by atoms with Crippen LogP contribution in [-0.2, 0) is 9.84 Å². The average Bonchev–Trinajstić information content (AvgIpc) is 2.83. The van der Waals surface area contributed by atoms with Gasteiger partial charge in [0, 0.05) is 17.2 Å². The summed E-state index contributed by atoms with van der Waals surface area (Å²) in [5, 5.41) is 1.65. The van der Waals surface area contributed by atoms with Gasteiger partial charge in [0.2, 0.25) is 15.0 Å². The normalized spacial score (nSPS) is 11.9. The number of rotatable bonds is 2. The maximum absolute atomic E-state index is 13.0. The minimum absolute atomic E-state index is 0.305. The first-order valence-electron chi connectivity index (χ1n) is 5.84. The molecule has 5 nitrogen and oxygen atoms in total. The van der Waals surface area contributed by atoms with Gasteiger partial charge in [-0.2, -0.15) is 0 Å². The predicted octanol–water partition coefficient (Wildman–Crippen LogP) is 2.19. The van der Waals surface area contributed by atoms with Crippen LogP contribution in [0.1, 0.15) is 0 Å². The molecule has 0 fully saturated rings. The topological polar surface area (TPSA) is 79.9 Å². The quantitative estimate of drug-likeness (QED) is 0.733. The minimum atomic E-state index is -3.59. The van der Waals surface area contributed by atoms with Crippen LogP contribution in [0.25, 0.3) is 21.3 Å². The number of fused-ring (bicyclic) bond motifs is 1. The van der Waals surface area contributed by atoms with E-state index in [9.17, 15) is 17.6 Å². The first kappa shape index (κ1) is 13.9. The average molecular weight is 324 g/mol. The summed E-state index contributed by atoms with van der Waals surface area (Å²) in [6.45, 7) is 0. The lowest BCUT2D eigenvalue weighted by Gasteiger charge is -2.00. The Balaban J connectivity index is 2.29. The van der Waals surface area contributed by atoms with Crippen molar-refractivity contribution in [1.82, 2.24) is 9.97 Å². The number of nitrogens with zero attached hydrogens (tertiary/aromatic N) is 1. The molecule has 0 atom stereocenters. The molecule has 0 aliphatic heterocycles. The molecule has 0 aliphatic rings. The van der Waals surface area contributed by atoms with E-state index in [2.05, 4.69) is 9.97 Å². The van der Waals surface area contributed by atoms with Gasteiger partial charge >= 0.3 is 0 Å². The molecule has 8 heteroatoms. The Labute approximate surface area is 123 Å². The second kappa shape index (κ2) is 4.74. The summed E-state index contributed by atoms with van der Waals surface area (Å²) >= 11 is 1.17. The second-order valence-corrected chi connectivity index (χ2v) is 7.27. The van der Waals surface area contributed by atoms with Crippen molar-refractivity contribution >= 4 is 31.4 Å². The van der Waals surface area contributed by atoms with E-state index in [4.69, 9.17) is 0 Å². The van der Waals surface area contributed by atoms with Crippen molar-refractivity contribution in [1.29, 1.82) is 0 Å². The molecular weight excluding hydrogens is 315 g/mol. The van der Waals surface area contributed by atoms with Gasteiger partial charge in [-0.25, -0.2) is 17.8 Å². The molecule has 3 aromatic rings. The molecule has 0 saturated carbocycles. The summed E-state index contributed by atoms with van der Waals surface area (Å²) < 4.78 is 35.9. The van der Waals surface area contributed by atoms with Crippen molar-refractivity contribution in [2.75, 3.05) is 6.26 Å². The van der Waals surface area contributed by atoms with E-state index in [1.165, 1.54) is 23.5 Å². The van der Waals surface area contributed by atoms with Gasteiger partial charge in [-0.3, -0.25) is 9.78 Å². The summed E-state index contributed by atoms with van der Waals surface area (Å²) in [5.74, 6) is -0.371. The highest BCUT2D eigenvalue weighted by atomic mass is 32.2. The van der Waals surface area contributed by atoms with Crippen molar-refractivity contribution in [3.8, 4) is 11.1 Å². The van der Waals surface area contributed by atoms with Crippen LogP contribution in [0.3, 0.4) is 0 Å². The van der Waals surface area contributed by atoms with Crippen LogP contribution in [0.2, 0.25) is 0 Å². The van der Waals surface area contributed by atoms with E-state index in [0.717, 1.165) is 6.26 Å². The third-order valence-electron chi connectivity index (χ3n) is 2.93. The van der Waals surface area contributed by atoms with Crippen molar-refractivity contribution in [2.45, 2.75) is 5.16 Å². The van der Waals surface area contributed by atoms with E-state index < -0.39 is 15.4 Å². The van der Waals surface area contributed by atoms with Gasteiger partial charge in [0.15, 0.2) is 0 Å². The Morgan fingerprint density at radius 2 is 1.90 bits per heavy atom. The first-order valence-corrected chi connectivity index (χ1v) is 8.61. The zero-order valence-corrected chi connectivity index (χ0v) is 12.4. The second-order valence-electron chi connectivity index (χ2n) is 4.48. The molecule has 1 N–H and O–H groups in total. The molecule has 0 amide bonds. The van der Waals surface area contributed by atoms with Crippen LogP contribution in [0.5, 0.6) is 0 Å². The fourth-order valence-corrected chi connectivity index (χ4v) is 3.49. The summed E-state index contributed by atoms with van der Waals surface area (Å²) in [6.07, 6.45) is 0.978. The minimum Gasteiger partial charge on any atom is -0.297 e. The lowest BCUT2D eigenvalue weighted by Crippen LogP contribution is -2.14. The monoisotopic (exact) mass is 324 g/mol. The number of halogens is 1. The van der Waals surface area contributed by atoms with Gasteiger partial charge < -0.3 is 0 Å². The molecule has 108 valence electrons. The van der Waals surface area contributed by atoms with Crippen molar-refractivity contribution in [3.63, 3.8) is 0 Å². The lowest BCUT2D eigenvalue weighted by molar-refractivity contribution is 0.593. The highest BCUT2D eigenvalue weighted by molar-refractivity contribution is 7.90. The fourth-order valence-electron chi connectivity index (χ4n) is 1.95. The fraction of sp³-hybridized carbons (Fsp3) is 0.0769. The number of benzene rings is 1. The molecule has 1 aromatic carbocycles. The Bertz CT molecular complexity index is 988. The van der Waals surface area contributed by atoms with Crippen LogP contribution in [0.15, 0.2) is 39.6 Å². The van der Waals surface area contributed by atoms with Crippen molar-refractivity contribution in [2.24, 2.45) is 0 Å². The van der Waals surface area contributed by atoms with E-state index in [1.807, 2.05) is 0 Å². The lowest BCUT2D eigenvalue weighted by atomic mass is 10.1. The van der Waals surface area contributed by atoms with Gasteiger partial charge in [0.05, 0.1) is 5.39 Å².